The summed E-state index contributed by atoms with van der Waals surface area (Å²) < 4.78 is 0. The second-order valence-corrected chi connectivity index (χ2v) is 4.54. The quantitative estimate of drug-likeness (QED) is 0.624. The number of benzene rings is 1. The molecule has 15 heavy (non-hydrogen) atoms. The molecule has 0 bridgehead atoms. The van der Waals surface area contributed by atoms with Gasteiger partial charge in [0.2, 0.25) is 5.91 Å². The second-order valence-electron chi connectivity index (χ2n) is 3.35. The minimum absolute atomic E-state index is 0.0410. The van der Waals surface area contributed by atoms with Gasteiger partial charge in [-0.2, -0.15) is 0 Å². The summed E-state index contributed by atoms with van der Waals surface area (Å²) in [5, 5.41) is 21.4. The number of rotatable bonds is 1. The molecule has 3 N–H and O–H groups in total. The van der Waals surface area contributed by atoms with Crippen molar-refractivity contribution in [2.24, 2.45) is 0 Å². The summed E-state index contributed by atoms with van der Waals surface area (Å²) in [6, 6.07) is 4.75. The fraction of sp³-hybridized carbons (Fsp3) is 0.300. The van der Waals surface area contributed by atoms with Gasteiger partial charge in [0.1, 0.15) is 0 Å². The molecule has 1 atom stereocenters. The molecule has 1 aliphatic heterocycles. The maximum Gasteiger partial charge on any atom is 0.230 e. The van der Waals surface area contributed by atoms with Crippen molar-refractivity contribution in [3.05, 3.63) is 23.8 Å². The number of phenols is 2. The first-order valence-corrected chi connectivity index (χ1v) is 5.62. The minimum atomic E-state index is -0.122. The lowest BCUT2D eigenvalue weighted by molar-refractivity contribution is -0.118. The predicted octanol–water partition coefficient (Wildman–Crippen LogP) is 1.00. The normalized spacial score (nSPS) is 21.1. The zero-order chi connectivity index (χ0) is 10.8. The van der Waals surface area contributed by atoms with E-state index in [1.54, 1.807) is 6.07 Å². The van der Waals surface area contributed by atoms with Crippen molar-refractivity contribution in [1.29, 1.82) is 0 Å². The Morgan fingerprint density at radius 2 is 2.13 bits per heavy atom. The second kappa shape index (κ2) is 4.02. The highest BCUT2D eigenvalue weighted by atomic mass is 32.2. The van der Waals surface area contributed by atoms with Crippen LogP contribution in [0.5, 0.6) is 11.5 Å². The molecule has 5 heteroatoms. The minimum Gasteiger partial charge on any atom is -0.504 e. The molecule has 0 radical (unpaired) electrons. The van der Waals surface area contributed by atoms with Gasteiger partial charge in [-0.15, -0.1) is 11.8 Å². The van der Waals surface area contributed by atoms with Crippen LogP contribution in [-0.4, -0.2) is 28.4 Å². The molecule has 80 valence electrons. The summed E-state index contributed by atoms with van der Waals surface area (Å²) in [4.78, 5) is 10.9. The van der Waals surface area contributed by atoms with Gasteiger partial charge in [-0.1, -0.05) is 6.07 Å². The van der Waals surface area contributed by atoms with E-state index in [9.17, 15) is 9.90 Å². The maximum absolute atomic E-state index is 10.9. The highest BCUT2D eigenvalue weighted by Gasteiger charge is 2.20. The summed E-state index contributed by atoms with van der Waals surface area (Å²) in [7, 11) is 0. The lowest BCUT2D eigenvalue weighted by Crippen LogP contribution is -2.33. The molecule has 1 heterocycles. The molecule has 1 unspecified atom stereocenters. The number of phenolic OH excluding ortho intramolecular Hbond substituents is 2. The van der Waals surface area contributed by atoms with E-state index in [0.29, 0.717) is 12.3 Å². The third kappa shape index (κ3) is 2.18. The number of aromatic hydroxyl groups is 2. The molecular weight excluding hydrogens is 214 g/mol. The molecule has 1 amide bonds. The highest BCUT2D eigenvalue weighted by molar-refractivity contribution is 8.00. The highest BCUT2D eigenvalue weighted by Crippen LogP contribution is 2.34. The van der Waals surface area contributed by atoms with Crippen molar-refractivity contribution in [2.75, 3.05) is 12.3 Å². The van der Waals surface area contributed by atoms with E-state index in [2.05, 4.69) is 5.32 Å². The Bertz CT molecular complexity index is 384. The van der Waals surface area contributed by atoms with E-state index in [1.165, 1.54) is 23.9 Å². The van der Waals surface area contributed by atoms with Gasteiger partial charge in [-0.05, 0) is 17.7 Å². The van der Waals surface area contributed by atoms with Gasteiger partial charge >= 0.3 is 0 Å². The summed E-state index contributed by atoms with van der Waals surface area (Å²) >= 11 is 1.53. The summed E-state index contributed by atoms with van der Waals surface area (Å²) in [5.74, 6) is 0.236. The van der Waals surface area contributed by atoms with Crippen LogP contribution >= 0.6 is 11.8 Å². The standard InChI is InChI=1S/C10H11NO3S/c12-7-2-1-6(3-8(7)13)9-4-11-10(14)5-15-9/h1-3,9,12-13H,4-5H2,(H,11,14). The van der Waals surface area contributed by atoms with Crippen LogP contribution in [0.25, 0.3) is 0 Å². The number of hydrogen-bond acceptors (Lipinski definition) is 4. The van der Waals surface area contributed by atoms with E-state index in [-0.39, 0.29) is 22.7 Å². The van der Waals surface area contributed by atoms with Crippen LogP contribution in [0.1, 0.15) is 10.8 Å². The predicted molar refractivity (Wildman–Crippen MR) is 58.0 cm³/mol. The smallest absolute Gasteiger partial charge is 0.230 e. The first kappa shape index (κ1) is 10.2. The largest absolute Gasteiger partial charge is 0.504 e. The molecule has 2 rings (SSSR count). The average Bonchev–Trinajstić information content (AvgIpc) is 2.23. The van der Waals surface area contributed by atoms with E-state index < -0.39 is 0 Å². The molecule has 4 nitrogen and oxygen atoms in total. The SMILES string of the molecule is O=C1CSC(c2ccc(O)c(O)c2)CN1. The maximum atomic E-state index is 10.9. The molecule has 0 aliphatic carbocycles. The van der Waals surface area contributed by atoms with Crippen molar-refractivity contribution in [3.63, 3.8) is 0 Å². The number of hydrogen-bond donors (Lipinski definition) is 3. The summed E-state index contributed by atoms with van der Waals surface area (Å²) in [5.41, 5.74) is 0.912. The first-order chi connectivity index (χ1) is 7.16. The lowest BCUT2D eigenvalue weighted by atomic mass is 10.1. The van der Waals surface area contributed by atoms with E-state index in [1.807, 2.05) is 0 Å². The monoisotopic (exact) mass is 225 g/mol. The van der Waals surface area contributed by atoms with Crippen LogP contribution in [-0.2, 0) is 4.79 Å². The molecular formula is C10H11NO3S. The molecule has 0 spiro atoms. The third-order valence-electron chi connectivity index (χ3n) is 2.27. The Labute approximate surface area is 91.3 Å². The van der Waals surface area contributed by atoms with Crippen LogP contribution in [0.2, 0.25) is 0 Å². The van der Waals surface area contributed by atoms with Crippen LogP contribution < -0.4 is 5.32 Å². The Kier molecular flexibility index (Phi) is 2.73. The van der Waals surface area contributed by atoms with Gasteiger partial charge in [0.15, 0.2) is 11.5 Å². The van der Waals surface area contributed by atoms with Crippen molar-refractivity contribution in [2.45, 2.75) is 5.25 Å². The lowest BCUT2D eigenvalue weighted by Gasteiger charge is -2.22. The molecule has 1 aromatic rings. The zero-order valence-electron chi connectivity index (χ0n) is 7.93. The van der Waals surface area contributed by atoms with Crippen LogP contribution in [0.15, 0.2) is 18.2 Å². The Morgan fingerprint density at radius 1 is 1.33 bits per heavy atom. The van der Waals surface area contributed by atoms with Gasteiger partial charge in [0.25, 0.3) is 0 Å². The van der Waals surface area contributed by atoms with Crippen molar-refractivity contribution in [3.8, 4) is 11.5 Å². The molecule has 0 saturated carbocycles. The number of carbonyl (C=O) groups excluding carboxylic acids is 1. The van der Waals surface area contributed by atoms with Crippen molar-refractivity contribution < 1.29 is 15.0 Å². The van der Waals surface area contributed by atoms with Crippen LogP contribution in [0, 0.1) is 0 Å². The number of amides is 1. The third-order valence-corrected chi connectivity index (χ3v) is 3.54. The molecule has 1 aliphatic rings. The number of carbonyl (C=O) groups is 1. The van der Waals surface area contributed by atoms with Gasteiger partial charge in [0, 0.05) is 11.8 Å². The van der Waals surface area contributed by atoms with Crippen LogP contribution in [0.3, 0.4) is 0 Å². The Morgan fingerprint density at radius 3 is 2.73 bits per heavy atom. The van der Waals surface area contributed by atoms with Gasteiger partial charge in [-0.25, -0.2) is 0 Å². The Hall–Kier alpha value is -1.36. The number of thioether (sulfide) groups is 1. The molecule has 1 saturated heterocycles. The van der Waals surface area contributed by atoms with Gasteiger partial charge < -0.3 is 15.5 Å². The van der Waals surface area contributed by atoms with Gasteiger partial charge in [0.05, 0.1) is 5.75 Å². The van der Waals surface area contributed by atoms with Crippen LogP contribution in [0.4, 0.5) is 0 Å². The number of nitrogens with one attached hydrogen (secondary N) is 1. The Balaban J connectivity index is 2.16. The zero-order valence-corrected chi connectivity index (χ0v) is 8.75. The fourth-order valence-electron chi connectivity index (χ4n) is 1.45. The van der Waals surface area contributed by atoms with Crippen molar-refractivity contribution in [1.82, 2.24) is 5.32 Å². The molecule has 1 aromatic carbocycles. The van der Waals surface area contributed by atoms with E-state index in [4.69, 9.17) is 5.11 Å². The van der Waals surface area contributed by atoms with E-state index >= 15 is 0 Å². The van der Waals surface area contributed by atoms with Crippen molar-refractivity contribution >= 4 is 17.7 Å². The van der Waals surface area contributed by atoms with E-state index in [0.717, 1.165) is 5.56 Å². The van der Waals surface area contributed by atoms with Gasteiger partial charge in [-0.3, -0.25) is 4.79 Å². The topological polar surface area (TPSA) is 69.6 Å². The molecule has 0 aromatic heterocycles. The average molecular weight is 225 g/mol. The summed E-state index contributed by atoms with van der Waals surface area (Å²) in [6.45, 7) is 0.563. The fourth-order valence-corrected chi connectivity index (χ4v) is 2.44. The molecule has 1 fully saturated rings. The first-order valence-electron chi connectivity index (χ1n) is 4.57. The summed E-state index contributed by atoms with van der Waals surface area (Å²) in [6.07, 6.45) is 0.